The highest BCUT2D eigenvalue weighted by Crippen LogP contribution is 2.44. The van der Waals surface area contributed by atoms with E-state index >= 15 is 0 Å². The Morgan fingerprint density at radius 3 is 2.50 bits per heavy atom. The van der Waals surface area contributed by atoms with E-state index in [0.717, 1.165) is 43.2 Å². The number of benzene rings is 2. The SMILES string of the molecule is COC(=O)c1ccc(CCN2C(=O)CCC2C=CC(O)C2(c3ccc(F)cc3)CCCC2)cc1. The second-order valence-corrected chi connectivity index (χ2v) is 9.33. The molecule has 2 aliphatic rings. The summed E-state index contributed by atoms with van der Waals surface area (Å²) in [4.78, 5) is 26.0. The van der Waals surface area contributed by atoms with Gasteiger partial charge in [0.1, 0.15) is 5.82 Å². The maximum atomic E-state index is 13.5. The van der Waals surface area contributed by atoms with Gasteiger partial charge in [0.15, 0.2) is 0 Å². The molecule has 2 fully saturated rings. The number of methoxy groups -OCH3 is 1. The Labute approximate surface area is 200 Å². The van der Waals surface area contributed by atoms with Gasteiger partial charge in [0.05, 0.1) is 24.8 Å². The molecule has 5 nitrogen and oxygen atoms in total. The van der Waals surface area contributed by atoms with Gasteiger partial charge in [-0.05, 0) is 61.1 Å². The van der Waals surface area contributed by atoms with E-state index in [1.807, 2.05) is 29.2 Å². The average Bonchev–Trinajstić information content (AvgIpc) is 3.49. The normalized spacial score (nSPS) is 20.7. The summed E-state index contributed by atoms with van der Waals surface area (Å²) >= 11 is 0. The van der Waals surface area contributed by atoms with E-state index in [0.29, 0.717) is 24.9 Å². The Kier molecular flexibility index (Phi) is 7.47. The first-order chi connectivity index (χ1) is 16.4. The number of halogens is 1. The highest BCUT2D eigenvalue weighted by atomic mass is 19.1. The van der Waals surface area contributed by atoms with Gasteiger partial charge in [0.2, 0.25) is 5.91 Å². The lowest BCUT2D eigenvalue weighted by atomic mass is 9.74. The summed E-state index contributed by atoms with van der Waals surface area (Å²) < 4.78 is 18.2. The van der Waals surface area contributed by atoms with Crippen LogP contribution in [0.5, 0.6) is 0 Å². The van der Waals surface area contributed by atoms with Crippen LogP contribution in [0.2, 0.25) is 0 Å². The van der Waals surface area contributed by atoms with Crippen LogP contribution in [0, 0.1) is 5.82 Å². The lowest BCUT2D eigenvalue weighted by Gasteiger charge is -2.34. The number of aliphatic hydroxyl groups is 1. The monoisotopic (exact) mass is 465 g/mol. The van der Waals surface area contributed by atoms with Crippen molar-refractivity contribution in [1.82, 2.24) is 4.90 Å². The maximum absolute atomic E-state index is 13.5. The number of likely N-dealkylation sites (tertiary alicyclic amines) is 1. The van der Waals surface area contributed by atoms with Crippen LogP contribution in [0.4, 0.5) is 4.39 Å². The Morgan fingerprint density at radius 1 is 1.18 bits per heavy atom. The summed E-state index contributed by atoms with van der Waals surface area (Å²) in [6.07, 6.45) is 8.81. The first kappa shape index (κ1) is 24.1. The van der Waals surface area contributed by atoms with Crippen LogP contribution in [0.1, 0.15) is 60.0 Å². The molecule has 0 spiro atoms. The number of nitrogens with zero attached hydrogens (tertiary/aromatic N) is 1. The molecule has 1 aliphatic heterocycles. The predicted molar refractivity (Wildman–Crippen MR) is 128 cm³/mol. The number of carbonyl (C=O) groups excluding carboxylic acids is 2. The Balaban J connectivity index is 1.42. The number of hydrogen-bond acceptors (Lipinski definition) is 4. The number of esters is 1. The first-order valence-corrected chi connectivity index (χ1v) is 12.0. The Hall–Kier alpha value is -2.99. The summed E-state index contributed by atoms with van der Waals surface area (Å²) in [5.74, 6) is -0.530. The molecule has 1 amide bonds. The van der Waals surface area contributed by atoms with Crippen molar-refractivity contribution in [1.29, 1.82) is 0 Å². The fourth-order valence-electron chi connectivity index (χ4n) is 5.38. The average molecular weight is 466 g/mol. The zero-order valence-corrected chi connectivity index (χ0v) is 19.6. The van der Waals surface area contributed by atoms with E-state index in [4.69, 9.17) is 4.74 Å². The second-order valence-electron chi connectivity index (χ2n) is 9.33. The predicted octanol–water partition coefficient (Wildman–Crippen LogP) is 4.57. The van der Waals surface area contributed by atoms with E-state index in [-0.39, 0.29) is 23.7 Å². The third kappa shape index (κ3) is 5.07. The largest absolute Gasteiger partial charge is 0.465 e. The molecule has 180 valence electrons. The van der Waals surface area contributed by atoms with Crippen molar-refractivity contribution in [2.75, 3.05) is 13.7 Å². The van der Waals surface area contributed by atoms with Crippen LogP contribution >= 0.6 is 0 Å². The van der Waals surface area contributed by atoms with Gasteiger partial charge >= 0.3 is 5.97 Å². The number of rotatable bonds is 8. The number of hydrogen-bond donors (Lipinski definition) is 1. The van der Waals surface area contributed by atoms with Crippen LogP contribution in [-0.2, 0) is 21.4 Å². The molecule has 2 unspecified atom stereocenters. The van der Waals surface area contributed by atoms with Crippen LogP contribution < -0.4 is 0 Å². The molecular formula is C28H32FNO4. The molecule has 1 heterocycles. The van der Waals surface area contributed by atoms with Crippen molar-refractivity contribution < 1.29 is 23.8 Å². The number of amides is 1. The Bertz CT molecular complexity index is 1030. The van der Waals surface area contributed by atoms with E-state index in [1.165, 1.54) is 19.2 Å². The van der Waals surface area contributed by atoms with Gasteiger partial charge < -0.3 is 14.7 Å². The zero-order valence-electron chi connectivity index (χ0n) is 19.6. The van der Waals surface area contributed by atoms with Gasteiger partial charge in [0, 0.05) is 18.4 Å². The molecule has 34 heavy (non-hydrogen) atoms. The topological polar surface area (TPSA) is 66.8 Å². The summed E-state index contributed by atoms with van der Waals surface area (Å²) in [5, 5.41) is 11.2. The van der Waals surface area contributed by atoms with Gasteiger partial charge in [-0.25, -0.2) is 9.18 Å². The van der Waals surface area contributed by atoms with E-state index in [9.17, 15) is 19.1 Å². The van der Waals surface area contributed by atoms with Gasteiger partial charge in [0.25, 0.3) is 0 Å². The van der Waals surface area contributed by atoms with Gasteiger partial charge in [-0.3, -0.25) is 4.79 Å². The van der Waals surface area contributed by atoms with Crippen molar-refractivity contribution in [3.63, 3.8) is 0 Å². The summed E-state index contributed by atoms with van der Waals surface area (Å²) in [5.41, 5.74) is 2.11. The molecule has 1 saturated heterocycles. The minimum Gasteiger partial charge on any atom is -0.465 e. The molecule has 1 saturated carbocycles. The number of carbonyl (C=O) groups is 2. The zero-order chi connectivity index (χ0) is 24.1. The maximum Gasteiger partial charge on any atom is 0.337 e. The van der Waals surface area contributed by atoms with Crippen LogP contribution in [0.15, 0.2) is 60.7 Å². The van der Waals surface area contributed by atoms with Crippen LogP contribution in [0.25, 0.3) is 0 Å². The molecule has 2 atom stereocenters. The summed E-state index contributed by atoms with van der Waals surface area (Å²) in [6, 6.07) is 13.7. The van der Waals surface area contributed by atoms with Crippen molar-refractivity contribution in [2.45, 2.75) is 62.5 Å². The highest BCUT2D eigenvalue weighted by molar-refractivity contribution is 5.89. The molecular weight excluding hydrogens is 433 g/mol. The molecule has 2 aromatic carbocycles. The standard InChI is InChI=1S/C28H32FNO4/c1-34-27(33)21-6-4-20(5-7-21)16-19-30-24(13-15-26(30)32)12-14-25(31)28(17-2-3-18-28)22-8-10-23(29)11-9-22/h4-12,14,24-25,31H,2-3,13,15-19H2,1H3. The van der Waals surface area contributed by atoms with E-state index in [2.05, 4.69) is 0 Å². The fourth-order valence-corrected chi connectivity index (χ4v) is 5.38. The molecule has 4 rings (SSSR count). The molecule has 0 bridgehead atoms. The molecule has 2 aromatic rings. The van der Waals surface area contributed by atoms with Crippen molar-refractivity contribution >= 4 is 11.9 Å². The van der Waals surface area contributed by atoms with E-state index < -0.39 is 11.5 Å². The second kappa shape index (κ2) is 10.5. The lowest BCUT2D eigenvalue weighted by Crippen LogP contribution is -2.37. The highest BCUT2D eigenvalue weighted by Gasteiger charge is 2.41. The minimum atomic E-state index is -0.691. The molecule has 1 aliphatic carbocycles. The van der Waals surface area contributed by atoms with E-state index in [1.54, 1.807) is 24.3 Å². The third-order valence-corrected chi connectivity index (χ3v) is 7.39. The summed E-state index contributed by atoms with van der Waals surface area (Å²) in [7, 11) is 1.36. The van der Waals surface area contributed by atoms with Crippen molar-refractivity contribution in [3.8, 4) is 0 Å². The smallest absolute Gasteiger partial charge is 0.337 e. The fraction of sp³-hybridized carbons (Fsp3) is 0.429. The van der Waals surface area contributed by atoms with Crippen LogP contribution in [-0.4, -0.2) is 47.7 Å². The molecule has 6 heteroatoms. The van der Waals surface area contributed by atoms with Crippen molar-refractivity contribution in [3.05, 3.63) is 83.2 Å². The summed E-state index contributed by atoms with van der Waals surface area (Å²) in [6.45, 7) is 0.574. The van der Waals surface area contributed by atoms with Gasteiger partial charge in [-0.1, -0.05) is 49.3 Å². The van der Waals surface area contributed by atoms with Crippen molar-refractivity contribution in [2.24, 2.45) is 0 Å². The Morgan fingerprint density at radius 2 is 1.85 bits per heavy atom. The lowest BCUT2D eigenvalue weighted by molar-refractivity contribution is -0.128. The number of aliphatic hydroxyl groups excluding tert-OH is 1. The first-order valence-electron chi connectivity index (χ1n) is 12.0. The molecule has 1 N–H and O–H groups in total. The molecule has 0 radical (unpaired) electrons. The quantitative estimate of drug-likeness (QED) is 0.458. The number of ether oxygens (including phenoxy) is 1. The van der Waals surface area contributed by atoms with Gasteiger partial charge in [-0.2, -0.15) is 0 Å². The van der Waals surface area contributed by atoms with Crippen LogP contribution in [0.3, 0.4) is 0 Å². The minimum absolute atomic E-state index is 0.0526. The third-order valence-electron chi connectivity index (χ3n) is 7.39. The van der Waals surface area contributed by atoms with Gasteiger partial charge in [-0.15, -0.1) is 0 Å². The molecule has 0 aromatic heterocycles.